The van der Waals surface area contributed by atoms with Gasteiger partial charge in [-0.3, -0.25) is 4.79 Å². The Morgan fingerprint density at radius 2 is 1.96 bits per heavy atom. The minimum absolute atomic E-state index is 0.0379. The molecule has 1 amide bonds. The van der Waals surface area contributed by atoms with Crippen molar-refractivity contribution in [2.24, 2.45) is 0 Å². The molecule has 0 radical (unpaired) electrons. The van der Waals surface area contributed by atoms with Crippen LogP contribution in [0.4, 0.5) is 0 Å². The van der Waals surface area contributed by atoms with Crippen LogP contribution in [0, 0.1) is 6.92 Å². The Bertz CT molecular complexity index is 934. The number of carbonyl (C=O) groups excluding carboxylic acids is 1. The fourth-order valence-electron chi connectivity index (χ4n) is 3.16. The summed E-state index contributed by atoms with van der Waals surface area (Å²) in [6, 6.07) is 15.3. The fraction of sp³-hybridized carbons (Fsp3) is 0.200. The summed E-state index contributed by atoms with van der Waals surface area (Å²) in [5, 5.41) is 10.5. The van der Waals surface area contributed by atoms with E-state index in [0.717, 1.165) is 33.8 Å². The minimum Gasteiger partial charge on any atom is -0.508 e. The highest BCUT2D eigenvalue weighted by atomic mass is 32.1. The number of rotatable bonds is 2. The number of aromatic nitrogens is 1. The standard InChI is InChI=1S/C20H18N2O2S/c1-13-18(25-19(21-13)14-5-3-2-4-6-14)20(24)22-10-9-15-11-17(23)8-7-16(15)12-22/h2-8,11,23H,9-10,12H2,1H3. The molecule has 1 aromatic heterocycles. The van der Waals surface area contributed by atoms with Gasteiger partial charge in [-0.05, 0) is 36.6 Å². The molecule has 5 heteroatoms. The average molecular weight is 350 g/mol. The number of amides is 1. The van der Waals surface area contributed by atoms with E-state index in [0.29, 0.717) is 18.0 Å². The molecule has 1 aliphatic heterocycles. The highest BCUT2D eigenvalue weighted by Crippen LogP contribution is 2.30. The summed E-state index contributed by atoms with van der Waals surface area (Å²) in [7, 11) is 0. The third-order valence-corrected chi connectivity index (χ3v) is 5.70. The summed E-state index contributed by atoms with van der Waals surface area (Å²) in [5.41, 5.74) is 4.04. The lowest BCUT2D eigenvalue weighted by Gasteiger charge is -2.28. The number of fused-ring (bicyclic) bond motifs is 1. The van der Waals surface area contributed by atoms with Gasteiger partial charge >= 0.3 is 0 Å². The Kier molecular flexibility index (Phi) is 4.01. The van der Waals surface area contributed by atoms with Crippen molar-refractivity contribution < 1.29 is 9.90 Å². The van der Waals surface area contributed by atoms with Crippen molar-refractivity contribution in [1.82, 2.24) is 9.88 Å². The highest BCUT2D eigenvalue weighted by Gasteiger charge is 2.25. The van der Waals surface area contributed by atoms with Crippen LogP contribution in [0.25, 0.3) is 10.6 Å². The Morgan fingerprint density at radius 1 is 1.16 bits per heavy atom. The predicted molar refractivity (Wildman–Crippen MR) is 98.8 cm³/mol. The zero-order valence-electron chi connectivity index (χ0n) is 13.9. The number of nitrogens with zero attached hydrogens (tertiary/aromatic N) is 2. The van der Waals surface area contributed by atoms with Crippen molar-refractivity contribution in [2.45, 2.75) is 19.9 Å². The van der Waals surface area contributed by atoms with Crippen molar-refractivity contribution >= 4 is 17.2 Å². The van der Waals surface area contributed by atoms with Gasteiger partial charge in [0.05, 0.1) is 5.69 Å². The molecule has 4 nitrogen and oxygen atoms in total. The quantitative estimate of drug-likeness (QED) is 0.759. The van der Waals surface area contributed by atoms with Crippen LogP contribution < -0.4 is 0 Å². The fourth-order valence-corrected chi connectivity index (χ4v) is 4.20. The minimum atomic E-state index is 0.0379. The van der Waals surface area contributed by atoms with Gasteiger partial charge in [0, 0.05) is 18.7 Å². The lowest BCUT2D eigenvalue weighted by molar-refractivity contribution is 0.0738. The molecule has 0 saturated carbocycles. The van der Waals surface area contributed by atoms with E-state index >= 15 is 0 Å². The number of benzene rings is 2. The summed E-state index contributed by atoms with van der Waals surface area (Å²) in [4.78, 5) is 20.2. The van der Waals surface area contributed by atoms with Crippen LogP contribution in [0.15, 0.2) is 48.5 Å². The van der Waals surface area contributed by atoms with Gasteiger partial charge in [0.2, 0.25) is 0 Å². The molecule has 4 rings (SSSR count). The molecule has 126 valence electrons. The lowest BCUT2D eigenvalue weighted by Crippen LogP contribution is -2.35. The number of thiazole rings is 1. The van der Waals surface area contributed by atoms with Gasteiger partial charge in [-0.2, -0.15) is 0 Å². The summed E-state index contributed by atoms with van der Waals surface area (Å²) >= 11 is 1.46. The molecule has 0 atom stereocenters. The van der Waals surface area contributed by atoms with Gasteiger partial charge < -0.3 is 10.0 Å². The SMILES string of the molecule is Cc1nc(-c2ccccc2)sc1C(=O)N1CCc2cc(O)ccc2C1. The summed E-state index contributed by atoms with van der Waals surface area (Å²) < 4.78 is 0. The van der Waals surface area contributed by atoms with Crippen LogP contribution >= 0.6 is 11.3 Å². The monoisotopic (exact) mass is 350 g/mol. The third kappa shape index (κ3) is 3.03. The van der Waals surface area contributed by atoms with E-state index in [9.17, 15) is 9.90 Å². The number of aryl methyl sites for hydroxylation is 1. The van der Waals surface area contributed by atoms with Crippen molar-refractivity contribution in [2.75, 3.05) is 6.54 Å². The maximum atomic E-state index is 13.0. The van der Waals surface area contributed by atoms with E-state index in [2.05, 4.69) is 4.98 Å². The van der Waals surface area contributed by atoms with E-state index < -0.39 is 0 Å². The summed E-state index contributed by atoms with van der Waals surface area (Å²) in [6.45, 7) is 3.13. The van der Waals surface area contributed by atoms with Gasteiger partial charge in [-0.1, -0.05) is 36.4 Å². The molecule has 3 aromatic rings. The van der Waals surface area contributed by atoms with Crippen LogP contribution in [-0.2, 0) is 13.0 Å². The van der Waals surface area contributed by atoms with Crippen LogP contribution in [0.5, 0.6) is 5.75 Å². The number of phenolic OH excluding ortho intramolecular Hbond substituents is 1. The molecule has 2 aromatic carbocycles. The second-order valence-corrected chi connectivity index (χ2v) is 7.23. The zero-order valence-corrected chi connectivity index (χ0v) is 14.7. The number of aromatic hydroxyl groups is 1. The Morgan fingerprint density at radius 3 is 2.76 bits per heavy atom. The highest BCUT2D eigenvalue weighted by molar-refractivity contribution is 7.17. The summed E-state index contributed by atoms with van der Waals surface area (Å²) in [5.74, 6) is 0.320. The molecule has 0 bridgehead atoms. The Labute approximate surface area is 150 Å². The first kappa shape index (κ1) is 15.8. The first-order valence-electron chi connectivity index (χ1n) is 8.25. The predicted octanol–water partition coefficient (Wildman–Crippen LogP) is 4.02. The van der Waals surface area contributed by atoms with Gasteiger partial charge in [-0.15, -0.1) is 11.3 Å². The molecule has 0 saturated heterocycles. The number of carbonyl (C=O) groups is 1. The Hall–Kier alpha value is -2.66. The van der Waals surface area contributed by atoms with Crippen LogP contribution in [-0.4, -0.2) is 27.4 Å². The number of hydrogen-bond acceptors (Lipinski definition) is 4. The average Bonchev–Trinajstić information content (AvgIpc) is 3.03. The lowest BCUT2D eigenvalue weighted by atomic mass is 9.99. The van der Waals surface area contributed by atoms with E-state index in [1.54, 1.807) is 12.1 Å². The smallest absolute Gasteiger partial charge is 0.266 e. The molecular formula is C20H18N2O2S. The van der Waals surface area contributed by atoms with Crippen molar-refractivity contribution in [3.63, 3.8) is 0 Å². The second-order valence-electron chi connectivity index (χ2n) is 6.23. The van der Waals surface area contributed by atoms with Gasteiger partial charge in [0.25, 0.3) is 5.91 Å². The maximum absolute atomic E-state index is 13.0. The first-order valence-corrected chi connectivity index (χ1v) is 9.06. The molecule has 0 spiro atoms. The molecule has 1 N–H and O–H groups in total. The molecule has 0 unspecified atom stereocenters. The largest absolute Gasteiger partial charge is 0.508 e. The molecule has 0 aliphatic carbocycles. The molecule has 0 fully saturated rings. The van der Waals surface area contributed by atoms with E-state index in [4.69, 9.17) is 0 Å². The normalized spacial score (nSPS) is 13.6. The van der Waals surface area contributed by atoms with Crippen LogP contribution in [0.3, 0.4) is 0 Å². The molecule has 1 aliphatic rings. The number of phenols is 1. The van der Waals surface area contributed by atoms with E-state index in [-0.39, 0.29) is 11.7 Å². The van der Waals surface area contributed by atoms with E-state index in [1.165, 1.54) is 11.3 Å². The van der Waals surface area contributed by atoms with Gasteiger partial charge in [-0.25, -0.2) is 4.98 Å². The summed E-state index contributed by atoms with van der Waals surface area (Å²) in [6.07, 6.45) is 0.763. The van der Waals surface area contributed by atoms with Crippen LogP contribution in [0.1, 0.15) is 26.5 Å². The van der Waals surface area contributed by atoms with Crippen molar-refractivity contribution in [3.05, 3.63) is 70.2 Å². The Balaban J connectivity index is 1.60. The van der Waals surface area contributed by atoms with Gasteiger partial charge in [0.1, 0.15) is 15.6 Å². The molecular weight excluding hydrogens is 332 g/mol. The molecule has 2 heterocycles. The first-order chi connectivity index (χ1) is 12.1. The van der Waals surface area contributed by atoms with Crippen molar-refractivity contribution in [1.29, 1.82) is 0 Å². The topological polar surface area (TPSA) is 53.4 Å². The van der Waals surface area contributed by atoms with Gasteiger partial charge in [0.15, 0.2) is 0 Å². The third-order valence-electron chi connectivity index (χ3n) is 4.50. The number of hydrogen-bond donors (Lipinski definition) is 1. The van der Waals surface area contributed by atoms with Crippen molar-refractivity contribution in [3.8, 4) is 16.3 Å². The molecule has 25 heavy (non-hydrogen) atoms. The maximum Gasteiger partial charge on any atom is 0.266 e. The van der Waals surface area contributed by atoms with E-state index in [1.807, 2.05) is 48.2 Å². The van der Waals surface area contributed by atoms with Crippen LogP contribution in [0.2, 0.25) is 0 Å². The zero-order chi connectivity index (χ0) is 17.4. The second kappa shape index (κ2) is 6.33.